The number of fused-ring (bicyclic) bond motifs is 1. The Labute approximate surface area is 170 Å². The van der Waals surface area contributed by atoms with Crippen molar-refractivity contribution in [2.75, 3.05) is 18.0 Å². The second kappa shape index (κ2) is 7.17. The molecular weight excluding hydrogens is 420 g/mol. The zero-order chi connectivity index (χ0) is 18.2. The van der Waals surface area contributed by atoms with Gasteiger partial charge in [-0.05, 0) is 76.5 Å². The van der Waals surface area contributed by atoms with Crippen LogP contribution >= 0.6 is 27.3 Å². The van der Waals surface area contributed by atoms with Crippen LogP contribution in [-0.4, -0.2) is 28.0 Å². The van der Waals surface area contributed by atoms with Gasteiger partial charge in [-0.3, -0.25) is 0 Å². The number of allylic oxidation sites excluding steroid dienone is 2. The summed E-state index contributed by atoms with van der Waals surface area (Å²) >= 11 is 4.90. The highest BCUT2D eigenvalue weighted by Crippen LogP contribution is 2.36. The van der Waals surface area contributed by atoms with Gasteiger partial charge in [0.2, 0.25) is 0 Å². The van der Waals surface area contributed by atoms with Crippen molar-refractivity contribution in [2.24, 2.45) is 0 Å². The van der Waals surface area contributed by atoms with Crippen LogP contribution in [0.25, 0.3) is 22.6 Å². The first-order chi connectivity index (χ1) is 13.3. The molecule has 3 aromatic rings. The minimum Gasteiger partial charge on any atom is -0.371 e. The number of aryl methyl sites for hydroxylation is 2. The van der Waals surface area contributed by atoms with Gasteiger partial charge >= 0.3 is 0 Å². The van der Waals surface area contributed by atoms with E-state index in [1.165, 1.54) is 61.2 Å². The van der Waals surface area contributed by atoms with Gasteiger partial charge in [-0.25, -0.2) is 15.0 Å². The molecule has 0 atom stereocenters. The van der Waals surface area contributed by atoms with E-state index in [4.69, 9.17) is 0 Å². The molecule has 5 rings (SSSR count). The average Bonchev–Trinajstić information content (AvgIpc) is 3.07. The first-order valence-corrected chi connectivity index (χ1v) is 10.9. The molecular formula is C21H19BrN4S. The van der Waals surface area contributed by atoms with E-state index in [1.807, 2.05) is 12.2 Å². The van der Waals surface area contributed by atoms with E-state index in [-0.39, 0.29) is 0 Å². The minimum absolute atomic E-state index is 0.699. The summed E-state index contributed by atoms with van der Waals surface area (Å²) in [6, 6.07) is 4.73. The van der Waals surface area contributed by atoms with Gasteiger partial charge in [0.15, 0.2) is 10.5 Å². The number of aromatic nitrogens is 3. The summed E-state index contributed by atoms with van der Waals surface area (Å²) < 4.78 is 0.740. The zero-order valence-electron chi connectivity index (χ0n) is 14.9. The summed E-state index contributed by atoms with van der Waals surface area (Å²) in [5.41, 5.74) is 6.58. The van der Waals surface area contributed by atoms with Gasteiger partial charge in [0.25, 0.3) is 0 Å². The van der Waals surface area contributed by atoms with Crippen LogP contribution in [0.1, 0.15) is 34.5 Å². The number of benzene rings is 1. The van der Waals surface area contributed by atoms with Crippen molar-refractivity contribution in [1.29, 1.82) is 0 Å². The number of thiazole rings is 1. The predicted octanol–water partition coefficient (Wildman–Crippen LogP) is 5.27. The molecule has 0 aliphatic carbocycles. The lowest BCUT2D eigenvalue weighted by atomic mass is 9.90. The molecule has 0 unspecified atom stereocenters. The van der Waals surface area contributed by atoms with Crippen molar-refractivity contribution in [3.05, 3.63) is 56.8 Å². The highest BCUT2D eigenvalue weighted by Gasteiger charge is 2.23. The Morgan fingerprint density at radius 2 is 1.74 bits per heavy atom. The average molecular weight is 439 g/mol. The molecule has 0 N–H and O–H groups in total. The second-order valence-electron chi connectivity index (χ2n) is 6.97. The maximum atomic E-state index is 4.50. The minimum atomic E-state index is 0.699. The fourth-order valence-corrected chi connectivity index (χ4v) is 5.23. The Balaban J connectivity index is 1.37. The first kappa shape index (κ1) is 17.1. The highest BCUT2D eigenvalue weighted by molar-refractivity contribution is 9.10. The third-order valence-corrected chi connectivity index (χ3v) is 6.39. The van der Waals surface area contributed by atoms with Crippen molar-refractivity contribution < 1.29 is 0 Å². The van der Waals surface area contributed by atoms with Gasteiger partial charge in [0.1, 0.15) is 9.61 Å². The molecule has 2 aliphatic rings. The molecule has 1 aromatic carbocycles. The summed E-state index contributed by atoms with van der Waals surface area (Å²) in [6.45, 7) is 2.45. The lowest BCUT2D eigenvalue weighted by molar-refractivity contribution is 0.634. The fraction of sp³-hybridized carbons (Fsp3) is 0.286. The van der Waals surface area contributed by atoms with E-state index in [0.29, 0.717) is 5.65 Å². The van der Waals surface area contributed by atoms with Crippen LogP contribution in [-0.2, 0) is 12.8 Å². The van der Waals surface area contributed by atoms with Gasteiger partial charge in [0, 0.05) is 18.8 Å². The quantitative estimate of drug-likeness (QED) is 0.521. The Kier molecular flexibility index (Phi) is 4.53. The fourth-order valence-electron chi connectivity index (χ4n) is 4.02. The Morgan fingerprint density at radius 1 is 1.00 bits per heavy atom. The van der Waals surface area contributed by atoms with E-state index in [0.717, 1.165) is 14.4 Å². The van der Waals surface area contributed by atoms with Gasteiger partial charge in [0.05, 0.1) is 6.20 Å². The van der Waals surface area contributed by atoms with Gasteiger partial charge < -0.3 is 4.90 Å². The predicted molar refractivity (Wildman–Crippen MR) is 116 cm³/mol. The molecule has 0 bridgehead atoms. The van der Waals surface area contributed by atoms with Crippen molar-refractivity contribution in [3.8, 4) is 0 Å². The van der Waals surface area contributed by atoms with Gasteiger partial charge in [-0.1, -0.05) is 29.6 Å². The van der Waals surface area contributed by atoms with E-state index in [2.05, 4.69) is 60.1 Å². The molecule has 0 saturated carbocycles. The molecule has 0 amide bonds. The van der Waals surface area contributed by atoms with Crippen molar-refractivity contribution in [3.63, 3.8) is 0 Å². The standard InChI is InChI=1S/C21H19BrN4S/c22-17-13-23-20-21(24-17)27-18(25-20)8-2-1-5-14-11-15-6-3-9-26-10-4-7-16(12-14)19(15)26/h1-2,5,8,11-13H,3-4,6-7,9-10H2/b5-1+,8-2+. The molecule has 27 heavy (non-hydrogen) atoms. The molecule has 0 fully saturated rings. The first-order valence-electron chi connectivity index (χ1n) is 9.31. The van der Waals surface area contributed by atoms with Crippen molar-refractivity contribution in [2.45, 2.75) is 25.7 Å². The molecule has 2 aliphatic heterocycles. The summed E-state index contributed by atoms with van der Waals surface area (Å²) in [5, 5.41) is 0.920. The molecule has 0 radical (unpaired) electrons. The number of halogens is 1. The molecule has 0 spiro atoms. The van der Waals surface area contributed by atoms with Crippen LogP contribution in [0.3, 0.4) is 0 Å². The Morgan fingerprint density at radius 3 is 2.52 bits per heavy atom. The lowest BCUT2D eigenvalue weighted by Gasteiger charge is -2.37. The summed E-state index contributed by atoms with van der Waals surface area (Å²) in [7, 11) is 0. The van der Waals surface area contributed by atoms with Crippen LogP contribution in [0, 0.1) is 0 Å². The van der Waals surface area contributed by atoms with Crippen LogP contribution in [0.2, 0.25) is 0 Å². The van der Waals surface area contributed by atoms with Gasteiger partial charge in [-0.15, -0.1) is 0 Å². The number of rotatable bonds is 3. The lowest BCUT2D eigenvalue weighted by Crippen LogP contribution is -2.34. The van der Waals surface area contributed by atoms with Crippen LogP contribution in [0.4, 0.5) is 5.69 Å². The van der Waals surface area contributed by atoms with E-state index in [9.17, 15) is 0 Å². The van der Waals surface area contributed by atoms with E-state index >= 15 is 0 Å². The smallest absolute Gasteiger partial charge is 0.190 e. The maximum Gasteiger partial charge on any atom is 0.190 e. The van der Waals surface area contributed by atoms with E-state index in [1.54, 1.807) is 17.5 Å². The number of nitrogens with zero attached hydrogens (tertiary/aromatic N) is 4. The Bertz CT molecular complexity index is 1040. The van der Waals surface area contributed by atoms with Crippen LogP contribution < -0.4 is 4.90 Å². The molecule has 0 saturated heterocycles. The molecule has 6 heteroatoms. The molecule has 136 valence electrons. The van der Waals surface area contributed by atoms with Crippen molar-refractivity contribution >= 4 is 55.6 Å². The third-order valence-electron chi connectivity index (χ3n) is 5.10. The summed E-state index contributed by atoms with van der Waals surface area (Å²) in [4.78, 5) is 16.6. The number of hydrogen-bond donors (Lipinski definition) is 0. The number of anilines is 1. The largest absolute Gasteiger partial charge is 0.371 e. The Hall–Kier alpha value is -2.05. The monoisotopic (exact) mass is 438 g/mol. The maximum absolute atomic E-state index is 4.50. The second-order valence-corrected chi connectivity index (χ2v) is 8.80. The van der Waals surface area contributed by atoms with E-state index < -0.39 is 0 Å². The SMILES string of the molecule is Brc1cnc2nc(/C=C/C=C/c3cc4c5c(c3)CCCN5CCC4)sc2n1. The van der Waals surface area contributed by atoms with Crippen molar-refractivity contribution in [1.82, 2.24) is 15.0 Å². The van der Waals surface area contributed by atoms with Crippen LogP contribution in [0.5, 0.6) is 0 Å². The highest BCUT2D eigenvalue weighted by atomic mass is 79.9. The van der Waals surface area contributed by atoms with Crippen LogP contribution in [0.15, 0.2) is 35.1 Å². The van der Waals surface area contributed by atoms with Gasteiger partial charge in [-0.2, -0.15) is 0 Å². The third kappa shape index (κ3) is 3.44. The number of hydrogen-bond acceptors (Lipinski definition) is 5. The molecule has 2 aromatic heterocycles. The summed E-state index contributed by atoms with van der Waals surface area (Å²) in [6.07, 6.45) is 15.0. The normalized spacial score (nSPS) is 16.6. The molecule has 4 heterocycles. The topological polar surface area (TPSA) is 41.9 Å². The zero-order valence-corrected chi connectivity index (χ0v) is 17.3. The summed E-state index contributed by atoms with van der Waals surface area (Å²) in [5.74, 6) is 0. The molecule has 4 nitrogen and oxygen atoms in total.